The third kappa shape index (κ3) is 4.02. The second kappa shape index (κ2) is 7.42. The van der Waals surface area contributed by atoms with Crippen LogP contribution in [0.25, 0.3) is 0 Å². The van der Waals surface area contributed by atoms with E-state index in [0.29, 0.717) is 0 Å². The second-order valence-electron chi connectivity index (χ2n) is 5.17. The van der Waals surface area contributed by atoms with Gasteiger partial charge in [0.25, 0.3) is 0 Å². The van der Waals surface area contributed by atoms with E-state index in [4.69, 9.17) is 0 Å². The van der Waals surface area contributed by atoms with Crippen molar-refractivity contribution in [2.75, 3.05) is 18.5 Å². The SMILES string of the molecule is CCCc1ccc(NCC(CC)(CC)CO)cc1. The Balaban J connectivity index is 2.57. The highest BCUT2D eigenvalue weighted by Crippen LogP contribution is 2.26. The lowest BCUT2D eigenvalue weighted by Gasteiger charge is -2.30. The van der Waals surface area contributed by atoms with E-state index in [1.54, 1.807) is 0 Å². The first-order valence-corrected chi connectivity index (χ1v) is 7.13. The van der Waals surface area contributed by atoms with Gasteiger partial charge in [-0.25, -0.2) is 0 Å². The van der Waals surface area contributed by atoms with Crippen LogP contribution in [0.1, 0.15) is 45.6 Å². The monoisotopic (exact) mass is 249 g/mol. The van der Waals surface area contributed by atoms with Crippen molar-refractivity contribution in [3.05, 3.63) is 29.8 Å². The van der Waals surface area contributed by atoms with Crippen LogP contribution >= 0.6 is 0 Å². The minimum Gasteiger partial charge on any atom is -0.396 e. The standard InChI is InChI=1S/C16H27NO/c1-4-7-14-8-10-15(11-9-14)17-12-16(5-2,6-3)13-18/h8-11,17-18H,4-7,12-13H2,1-3H3. The second-order valence-corrected chi connectivity index (χ2v) is 5.17. The molecular formula is C16H27NO. The lowest BCUT2D eigenvalue weighted by molar-refractivity contribution is 0.127. The van der Waals surface area contributed by atoms with Crippen LogP contribution in [0.2, 0.25) is 0 Å². The number of aliphatic hydroxyl groups excluding tert-OH is 1. The number of nitrogens with one attached hydrogen (secondary N) is 1. The van der Waals surface area contributed by atoms with Crippen LogP contribution in [0.15, 0.2) is 24.3 Å². The first-order chi connectivity index (χ1) is 8.69. The molecular weight excluding hydrogens is 222 g/mol. The highest BCUT2D eigenvalue weighted by atomic mass is 16.3. The van der Waals surface area contributed by atoms with Gasteiger partial charge in [-0.1, -0.05) is 39.3 Å². The Morgan fingerprint density at radius 1 is 1.06 bits per heavy atom. The topological polar surface area (TPSA) is 32.3 Å². The zero-order chi connectivity index (χ0) is 13.4. The summed E-state index contributed by atoms with van der Waals surface area (Å²) in [5, 5.41) is 13.0. The molecule has 0 saturated carbocycles. The molecule has 0 aromatic heterocycles. The van der Waals surface area contributed by atoms with E-state index in [1.807, 2.05) is 0 Å². The van der Waals surface area contributed by atoms with Gasteiger partial charge in [0.05, 0.1) is 6.61 Å². The van der Waals surface area contributed by atoms with E-state index >= 15 is 0 Å². The van der Waals surface area contributed by atoms with Gasteiger partial charge in [0.2, 0.25) is 0 Å². The fourth-order valence-electron chi connectivity index (χ4n) is 2.15. The molecule has 1 aromatic carbocycles. The molecule has 1 rings (SSSR count). The highest BCUT2D eigenvalue weighted by Gasteiger charge is 2.24. The van der Waals surface area contributed by atoms with Crippen molar-refractivity contribution in [2.24, 2.45) is 5.41 Å². The molecule has 0 saturated heterocycles. The van der Waals surface area contributed by atoms with Crippen LogP contribution in [-0.2, 0) is 6.42 Å². The summed E-state index contributed by atoms with van der Waals surface area (Å²) in [6, 6.07) is 8.64. The van der Waals surface area contributed by atoms with Crippen LogP contribution in [0.3, 0.4) is 0 Å². The molecule has 0 atom stereocenters. The Hall–Kier alpha value is -1.02. The Labute approximate surface area is 111 Å². The number of rotatable bonds is 8. The lowest BCUT2D eigenvalue weighted by Crippen LogP contribution is -2.32. The molecule has 2 heteroatoms. The summed E-state index contributed by atoms with van der Waals surface area (Å²) in [7, 11) is 0. The van der Waals surface area contributed by atoms with E-state index in [9.17, 15) is 5.11 Å². The van der Waals surface area contributed by atoms with Gasteiger partial charge in [-0.3, -0.25) is 0 Å². The molecule has 0 aliphatic rings. The minimum atomic E-state index is 0.0160. The zero-order valence-electron chi connectivity index (χ0n) is 12.0. The molecule has 1 aromatic rings. The van der Waals surface area contributed by atoms with Crippen molar-refractivity contribution in [3.8, 4) is 0 Å². The molecule has 0 aliphatic carbocycles. The third-order valence-electron chi connectivity index (χ3n) is 4.00. The number of anilines is 1. The van der Waals surface area contributed by atoms with Gasteiger partial charge in [-0.15, -0.1) is 0 Å². The van der Waals surface area contributed by atoms with Gasteiger partial charge in [0, 0.05) is 17.6 Å². The molecule has 0 amide bonds. The number of hydrogen-bond donors (Lipinski definition) is 2. The van der Waals surface area contributed by atoms with Crippen LogP contribution in [0, 0.1) is 5.41 Å². The Morgan fingerprint density at radius 3 is 2.11 bits per heavy atom. The quantitative estimate of drug-likeness (QED) is 0.733. The van der Waals surface area contributed by atoms with E-state index in [0.717, 1.165) is 31.5 Å². The van der Waals surface area contributed by atoms with Crippen LogP contribution < -0.4 is 5.32 Å². The summed E-state index contributed by atoms with van der Waals surface area (Å²) < 4.78 is 0. The molecule has 0 radical (unpaired) electrons. The summed E-state index contributed by atoms with van der Waals surface area (Å²) in [4.78, 5) is 0. The van der Waals surface area contributed by atoms with Gasteiger partial charge in [0.1, 0.15) is 0 Å². The van der Waals surface area contributed by atoms with Gasteiger partial charge in [-0.05, 0) is 37.0 Å². The van der Waals surface area contributed by atoms with E-state index in [-0.39, 0.29) is 12.0 Å². The van der Waals surface area contributed by atoms with E-state index in [1.165, 1.54) is 12.0 Å². The Kier molecular flexibility index (Phi) is 6.20. The van der Waals surface area contributed by atoms with Gasteiger partial charge in [0.15, 0.2) is 0 Å². The molecule has 2 nitrogen and oxygen atoms in total. The maximum Gasteiger partial charge on any atom is 0.0504 e. The van der Waals surface area contributed by atoms with Gasteiger partial charge < -0.3 is 10.4 Å². The van der Waals surface area contributed by atoms with Gasteiger partial charge in [-0.2, -0.15) is 0 Å². The molecule has 0 heterocycles. The number of hydrogen-bond acceptors (Lipinski definition) is 2. The molecule has 0 fully saturated rings. The molecule has 18 heavy (non-hydrogen) atoms. The lowest BCUT2D eigenvalue weighted by atomic mass is 9.83. The first kappa shape index (κ1) is 15.0. The van der Waals surface area contributed by atoms with Gasteiger partial charge >= 0.3 is 0 Å². The third-order valence-corrected chi connectivity index (χ3v) is 4.00. The van der Waals surface area contributed by atoms with Crippen molar-refractivity contribution < 1.29 is 5.11 Å². The smallest absolute Gasteiger partial charge is 0.0504 e. The molecule has 102 valence electrons. The van der Waals surface area contributed by atoms with Crippen LogP contribution in [0.5, 0.6) is 0 Å². The maximum absolute atomic E-state index is 9.53. The molecule has 0 spiro atoms. The minimum absolute atomic E-state index is 0.0160. The Bertz CT molecular complexity index is 319. The fourth-order valence-corrected chi connectivity index (χ4v) is 2.15. The first-order valence-electron chi connectivity index (χ1n) is 7.13. The van der Waals surface area contributed by atoms with E-state index in [2.05, 4.69) is 50.4 Å². The molecule has 2 N–H and O–H groups in total. The predicted octanol–water partition coefficient (Wildman–Crippen LogP) is 3.85. The number of aliphatic hydroxyl groups is 1. The normalized spacial score (nSPS) is 11.6. The summed E-state index contributed by atoms with van der Waals surface area (Å²) in [5.41, 5.74) is 2.55. The zero-order valence-corrected chi connectivity index (χ0v) is 12.0. The summed E-state index contributed by atoms with van der Waals surface area (Å²) in [6.45, 7) is 7.58. The average molecular weight is 249 g/mol. The Morgan fingerprint density at radius 2 is 1.67 bits per heavy atom. The summed E-state index contributed by atoms with van der Waals surface area (Å²) >= 11 is 0. The van der Waals surface area contributed by atoms with Crippen LogP contribution in [-0.4, -0.2) is 18.3 Å². The molecule has 0 aliphatic heterocycles. The van der Waals surface area contributed by atoms with Crippen molar-refractivity contribution in [1.82, 2.24) is 0 Å². The summed E-state index contributed by atoms with van der Waals surface area (Å²) in [5.74, 6) is 0. The van der Waals surface area contributed by atoms with E-state index < -0.39 is 0 Å². The highest BCUT2D eigenvalue weighted by molar-refractivity contribution is 5.44. The van der Waals surface area contributed by atoms with Crippen LogP contribution in [0.4, 0.5) is 5.69 Å². The van der Waals surface area contributed by atoms with Crippen molar-refractivity contribution in [3.63, 3.8) is 0 Å². The number of aryl methyl sites for hydroxylation is 1. The molecule has 0 unspecified atom stereocenters. The summed E-state index contributed by atoms with van der Waals surface area (Å²) in [6.07, 6.45) is 4.33. The largest absolute Gasteiger partial charge is 0.396 e. The maximum atomic E-state index is 9.53. The average Bonchev–Trinajstić information content (AvgIpc) is 2.43. The number of benzene rings is 1. The fraction of sp³-hybridized carbons (Fsp3) is 0.625. The van der Waals surface area contributed by atoms with Crippen molar-refractivity contribution in [2.45, 2.75) is 46.5 Å². The van der Waals surface area contributed by atoms with Crippen molar-refractivity contribution >= 4 is 5.69 Å². The molecule has 0 bridgehead atoms. The van der Waals surface area contributed by atoms with Crippen molar-refractivity contribution in [1.29, 1.82) is 0 Å². The predicted molar refractivity (Wildman–Crippen MR) is 79.0 cm³/mol.